The molecule has 1 aromatic heterocycles. The third-order valence-corrected chi connectivity index (χ3v) is 4.40. The van der Waals surface area contributed by atoms with Crippen LogP contribution in [0.2, 0.25) is 5.02 Å². The Morgan fingerprint density at radius 2 is 1.96 bits per heavy atom. The number of anilines is 1. The van der Waals surface area contributed by atoms with Crippen LogP contribution < -0.4 is 16.4 Å². The summed E-state index contributed by atoms with van der Waals surface area (Å²) in [6, 6.07) is 2.33. The molecular formula is C16H22ClN5O3. The van der Waals surface area contributed by atoms with Crippen LogP contribution in [0.4, 0.5) is 5.82 Å². The van der Waals surface area contributed by atoms with Gasteiger partial charge < -0.3 is 21.3 Å². The number of nitrogens with two attached hydrogens (primary N) is 1. The molecular weight excluding hydrogens is 346 g/mol. The predicted molar refractivity (Wildman–Crippen MR) is 93.8 cm³/mol. The van der Waals surface area contributed by atoms with Gasteiger partial charge >= 0.3 is 11.8 Å². The molecule has 0 spiro atoms. The van der Waals surface area contributed by atoms with Gasteiger partial charge in [0.1, 0.15) is 5.82 Å². The van der Waals surface area contributed by atoms with E-state index in [0.717, 1.165) is 0 Å². The van der Waals surface area contributed by atoms with Gasteiger partial charge in [-0.1, -0.05) is 11.6 Å². The molecule has 0 saturated heterocycles. The van der Waals surface area contributed by atoms with E-state index < -0.39 is 11.8 Å². The average molecular weight is 368 g/mol. The van der Waals surface area contributed by atoms with Crippen molar-refractivity contribution in [2.75, 3.05) is 19.4 Å². The van der Waals surface area contributed by atoms with Crippen molar-refractivity contribution < 1.29 is 14.4 Å². The number of aromatic nitrogens is 1. The molecule has 3 amide bonds. The van der Waals surface area contributed by atoms with Crippen molar-refractivity contribution in [1.29, 1.82) is 0 Å². The quantitative estimate of drug-likeness (QED) is 0.667. The fourth-order valence-corrected chi connectivity index (χ4v) is 2.94. The molecule has 1 aromatic rings. The normalized spacial score (nSPS) is 22.8. The second-order valence-electron chi connectivity index (χ2n) is 6.30. The number of nitrogens with zero attached hydrogens (tertiary/aromatic N) is 2. The standard InChI is InChI=1S/C16H22ClN5O3/c1-22(2)16(25)9-3-5-12(11(18)7-9)20-14(23)15(24)21-13-6-4-10(17)8-19-13/h4,6,8-9,11-12H,3,5,7,18H2,1-2H3,(H,20,23)(H,19,21,24)/t9-,11+,12-/m0/s1. The van der Waals surface area contributed by atoms with Gasteiger partial charge in [-0.15, -0.1) is 0 Å². The minimum Gasteiger partial charge on any atom is -0.349 e. The second-order valence-corrected chi connectivity index (χ2v) is 6.74. The molecule has 25 heavy (non-hydrogen) atoms. The zero-order chi connectivity index (χ0) is 18.6. The number of amides is 3. The number of hydrogen-bond acceptors (Lipinski definition) is 5. The van der Waals surface area contributed by atoms with Gasteiger partial charge in [-0.05, 0) is 31.4 Å². The molecule has 1 aliphatic rings. The van der Waals surface area contributed by atoms with E-state index in [2.05, 4.69) is 15.6 Å². The average Bonchev–Trinajstić information content (AvgIpc) is 2.57. The van der Waals surface area contributed by atoms with Crippen molar-refractivity contribution >= 4 is 35.1 Å². The summed E-state index contributed by atoms with van der Waals surface area (Å²) in [6.07, 6.45) is 3.01. The van der Waals surface area contributed by atoms with Gasteiger partial charge in [-0.25, -0.2) is 4.98 Å². The summed E-state index contributed by atoms with van der Waals surface area (Å²) < 4.78 is 0. The fourth-order valence-electron chi connectivity index (χ4n) is 2.83. The Kier molecular flexibility index (Phi) is 6.33. The highest BCUT2D eigenvalue weighted by atomic mass is 35.5. The molecule has 1 aliphatic carbocycles. The van der Waals surface area contributed by atoms with Gasteiger partial charge in [-0.2, -0.15) is 0 Å². The Hall–Kier alpha value is -2.19. The van der Waals surface area contributed by atoms with E-state index >= 15 is 0 Å². The molecule has 1 saturated carbocycles. The SMILES string of the molecule is CN(C)C(=O)[C@H]1CC[C@H](NC(=O)C(=O)Nc2ccc(Cl)cn2)[C@H](N)C1. The molecule has 0 aromatic carbocycles. The maximum absolute atomic E-state index is 12.0. The van der Waals surface area contributed by atoms with Crippen LogP contribution in [-0.2, 0) is 14.4 Å². The zero-order valence-electron chi connectivity index (χ0n) is 14.2. The first-order valence-electron chi connectivity index (χ1n) is 7.98. The molecule has 1 heterocycles. The zero-order valence-corrected chi connectivity index (χ0v) is 14.9. The predicted octanol–water partition coefficient (Wildman–Crippen LogP) is 0.374. The lowest BCUT2D eigenvalue weighted by molar-refractivity contribution is -0.137. The van der Waals surface area contributed by atoms with Crippen molar-refractivity contribution in [2.24, 2.45) is 11.7 Å². The lowest BCUT2D eigenvalue weighted by Gasteiger charge is -2.34. The summed E-state index contributed by atoms with van der Waals surface area (Å²) in [5.41, 5.74) is 6.08. The summed E-state index contributed by atoms with van der Waals surface area (Å²) >= 11 is 5.71. The summed E-state index contributed by atoms with van der Waals surface area (Å²) in [4.78, 5) is 41.4. The van der Waals surface area contributed by atoms with E-state index in [1.807, 2.05) is 0 Å². The molecule has 0 bridgehead atoms. The Morgan fingerprint density at radius 3 is 2.52 bits per heavy atom. The lowest BCUT2D eigenvalue weighted by atomic mass is 9.82. The van der Waals surface area contributed by atoms with Gasteiger partial charge in [-0.3, -0.25) is 14.4 Å². The van der Waals surface area contributed by atoms with E-state index in [0.29, 0.717) is 24.3 Å². The summed E-state index contributed by atoms with van der Waals surface area (Å²) in [6.45, 7) is 0. The van der Waals surface area contributed by atoms with Gasteiger partial charge in [0.2, 0.25) is 5.91 Å². The van der Waals surface area contributed by atoms with E-state index in [-0.39, 0.29) is 29.7 Å². The molecule has 3 atom stereocenters. The maximum Gasteiger partial charge on any atom is 0.314 e. The van der Waals surface area contributed by atoms with Crippen molar-refractivity contribution in [3.05, 3.63) is 23.4 Å². The largest absolute Gasteiger partial charge is 0.349 e. The Balaban J connectivity index is 1.87. The maximum atomic E-state index is 12.0. The first-order valence-corrected chi connectivity index (χ1v) is 8.36. The van der Waals surface area contributed by atoms with Crippen LogP contribution in [0.3, 0.4) is 0 Å². The van der Waals surface area contributed by atoms with Crippen LogP contribution in [0.25, 0.3) is 0 Å². The van der Waals surface area contributed by atoms with E-state index in [1.54, 1.807) is 25.1 Å². The van der Waals surface area contributed by atoms with Crippen LogP contribution in [0.15, 0.2) is 18.3 Å². The highest BCUT2D eigenvalue weighted by molar-refractivity contribution is 6.39. The van der Waals surface area contributed by atoms with Crippen LogP contribution in [-0.4, -0.2) is 53.8 Å². The highest BCUT2D eigenvalue weighted by Crippen LogP contribution is 2.25. The lowest BCUT2D eigenvalue weighted by Crippen LogP contribution is -2.54. The third kappa shape index (κ3) is 5.14. The monoisotopic (exact) mass is 367 g/mol. The van der Waals surface area contributed by atoms with Gasteiger partial charge in [0.05, 0.1) is 5.02 Å². The van der Waals surface area contributed by atoms with Gasteiger partial charge in [0.25, 0.3) is 0 Å². The number of hydrogen-bond donors (Lipinski definition) is 3. The van der Waals surface area contributed by atoms with Crippen molar-refractivity contribution in [1.82, 2.24) is 15.2 Å². The minimum absolute atomic E-state index is 0.0341. The third-order valence-electron chi connectivity index (χ3n) is 4.18. The number of carbonyl (C=O) groups excluding carboxylic acids is 3. The number of carbonyl (C=O) groups is 3. The summed E-state index contributed by atoms with van der Waals surface area (Å²) in [5, 5.41) is 5.46. The van der Waals surface area contributed by atoms with E-state index in [1.165, 1.54) is 12.3 Å². The Labute approximate surface area is 151 Å². The molecule has 1 fully saturated rings. The molecule has 9 heteroatoms. The van der Waals surface area contributed by atoms with Crippen LogP contribution in [0.5, 0.6) is 0 Å². The van der Waals surface area contributed by atoms with Crippen molar-refractivity contribution in [2.45, 2.75) is 31.3 Å². The molecule has 0 aliphatic heterocycles. The Morgan fingerprint density at radius 1 is 1.24 bits per heavy atom. The van der Waals surface area contributed by atoms with Gasteiger partial charge in [0.15, 0.2) is 0 Å². The number of rotatable bonds is 3. The van der Waals surface area contributed by atoms with Gasteiger partial charge in [0, 0.05) is 38.3 Å². The van der Waals surface area contributed by atoms with E-state index in [9.17, 15) is 14.4 Å². The van der Waals surface area contributed by atoms with E-state index in [4.69, 9.17) is 17.3 Å². The number of nitrogens with one attached hydrogen (secondary N) is 2. The smallest absolute Gasteiger partial charge is 0.314 e. The first kappa shape index (κ1) is 19.1. The van der Waals surface area contributed by atoms with Crippen LogP contribution in [0, 0.1) is 5.92 Å². The Bertz CT molecular complexity index is 650. The fraction of sp³-hybridized carbons (Fsp3) is 0.500. The number of halogens is 1. The summed E-state index contributed by atoms with van der Waals surface area (Å²) in [7, 11) is 3.41. The molecule has 0 unspecified atom stereocenters. The molecule has 136 valence electrons. The van der Waals surface area contributed by atoms with Crippen LogP contribution >= 0.6 is 11.6 Å². The molecule has 2 rings (SSSR count). The highest BCUT2D eigenvalue weighted by Gasteiger charge is 2.34. The van der Waals surface area contributed by atoms with Crippen LogP contribution in [0.1, 0.15) is 19.3 Å². The molecule has 0 radical (unpaired) electrons. The van der Waals surface area contributed by atoms with Crippen molar-refractivity contribution in [3.8, 4) is 0 Å². The topological polar surface area (TPSA) is 117 Å². The number of pyridine rings is 1. The first-order chi connectivity index (χ1) is 11.8. The molecule has 4 N–H and O–H groups in total. The minimum atomic E-state index is -0.825. The summed E-state index contributed by atoms with van der Waals surface area (Å²) in [5.74, 6) is -1.49. The van der Waals surface area contributed by atoms with Crippen molar-refractivity contribution in [3.63, 3.8) is 0 Å². The molecule has 8 nitrogen and oxygen atoms in total. The second kappa shape index (κ2) is 8.26.